The minimum absolute atomic E-state index is 0.207. The summed E-state index contributed by atoms with van der Waals surface area (Å²) in [4.78, 5) is 0. The Morgan fingerprint density at radius 1 is 1.41 bits per heavy atom. The summed E-state index contributed by atoms with van der Waals surface area (Å²) in [6, 6.07) is 6.07. The molecule has 0 saturated heterocycles. The Morgan fingerprint density at radius 3 is 2.76 bits per heavy atom. The van der Waals surface area contributed by atoms with Gasteiger partial charge >= 0.3 is 0 Å². The highest BCUT2D eigenvalue weighted by atomic mass is 79.9. The lowest BCUT2D eigenvalue weighted by Crippen LogP contribution is -2.25. The smallest absolute Gasteiger partial charge is 0.0661 e. The highest BCUT2D eigenvalue weighted by molar-refractivity contribution is 9.10. The van der Waals surface area contributed by atoms with Crippen LogP contribution in [0.25, 0.3) is 0 Å². The molecule has 0 amide bonds. The van der Waals surface area contributed by atoms with Gasteiger partial charge in [-0.15, -0.1) is 0 Å². The second-order valence-electron chi connectivity index (χ2n) is 3.85. The Kier molecular flexibility index (Phi) is 7.12. The van der Waals surface area contributed by atoms with E-state index in [1.807, 2.05) is 18.2 Å². The lowest BCUT2D eigenvalue weighted by Gasteiger charge is -2.19. The first-order chi connectivity index (χ1) is 8.19. The number of hydrogen-bond acceptors (Lipinski definition) is 2. The second kappa shape index (κ2) is 8.09. The molecule has 0 fully saturated rings. The first kappa shape index (κ1) is 15.0. The number of nitrogens with one attached hydrogen (secondary N) is 1. The van der Waals surface area contributed by atoms with Gasteiger partial charge in [0.05, 0.1) is 12.6 Å². The molecule has 0 spiro atoms. The molecule has 0 heterocycles. The fourth-order valence-electron chi connectivity index (χ4n) is 1.63. The number of ether oxygens (including phenoxy) is 1. The van der Waals surface area contributed by atoms with Crippen molar-refractivity contribution < 1.29 is 4.74 Å². The van der Waals surface area contributed by atoms with Crippen molar-refractivity contribution in [1.82, 2.24) is 5.32 Å². The van der Waals surface area contributed by atoms with Crippen molar-refractivity contribution >= 4 is 27.5 Å². The molecule has 17 heavy (non-hydrogen) atoms. The predicted molar refractivity (Wildman–Crippen MR) is 76.7 cm³/mol. The van der Waals surface area contributed by atoms with Gasteiger partial charge in [-0.05, 0) is 30.7 Å². The summed E-state index contributed by atoms with van der Waals surface area (Å²) in [5, 5.41) is 4.16. The van der Waals surface area contributed by atoms with Crippen molar-refractivity contribution in [2.75, 3.05) is 19.8 Å². The van der Waals surface area contributed by atoms with Crippen molar-refractivity contribution in [3.8, 4) is 0 Å². The third-order valence-corrected chi connectivity index (χ3v) is 3.34. The Morgan fingerprint density at radius 2 is 2.18 bits per heavy atom. The minimum Gasteiger partial charge on any atom is -0.379 e. The van der Waals surface area contributed by atoms with E-state index in [4.69, 9.17) is 16.3 Å². The quantitative estimate of drug-likeness (QED) is 0.761. The SMILES string of the molecule is CCCOCC(NCC)c1ccc(Cl)cc1Br. The fourth-order valence-corrected chi connectivity index (χ4v) is 2.59. The predicted octanol–water partition coefficient (Wildman–Crippen LogP) is 4.18. The lowest BCUT2D eigenvalue weighted by atomic mass is 10.1. The number of likely N-dealkylation sites (N-methyl/N-ethyl adjacent to an activating group) is 1. The van der Waals surface area contributed by atoms with Gasteiger partial charge in [0.25, 0.3) is 0 Å². The molecule has 0 aliphatic rings. The maximum atomic E-state index is 5.94. The van der Waals surface area contributed by atoms with E-state index in [1.165, 1.54) is 5.56 Å². The van der Waals surface area contributed by atoms with E-state index in [9.17, 15) is 0 Å². The molecule has 0 aliphatic heterocycles. The Balaban J connectivity index is 2.74. The summed E-state index contributed by atoms with van der Waals surface area (Å²) in [5.74, 6) is 0. The molecule has 1 aromatic carbocycles. The summed E-state index contributed by atoms with van der Waals surface area (Å²) in [5.41, 5.74) is 1.19. The van der Waals surface area contributed by atoms with Gasteiger partial charge in [0.15, 0.2) is 0 Å². The summed E-state index contributed by atoms with van der Waals surface area (Å²) in [6.07, 6.45) is 1.04. The normalized spacial score (nSPS) is 12.7. The van der Waals surface area contributed by atoms with E-state index >= 15 is 0 Å². The summed E-state index contributed by atoms with van der Waals surface area (Å²) in [7, 11) is 0. The van der Waals surface area contributed by atoms with Crippen molar-refractivity contribution in [2.45, 2.75) is 26.3 Å². The van der Waals surface area contributed by atoms with Crippen molar-refractivity contribution in [1.29, 1.82) is 0 Å². The van der Waals surface area contributed by atoms with Gasteiger partial charge in [-0.3, -0.25) is 0 Å². The molecule has 0 saturated carbocycles. The van der Waals surface area contributed by atoms with E-state index < -0.39 is 0 Å². The molecule has 0 aliphatic carbocycles. The van der Waals surface area contributed by atoms with Crippen LogP contribution >= 0.6 is 27.5 Å². The fraction of sp³-hybridized carbons (Fsp3) is 0.538. The van der Waals surface area contributed by atoms with Gasteiger partial charge in [0.2, 0.25) is 0 Å². The number of halogens is 2. The molecule has 1 atom stereocenters. The minimum atomic E-state index is 0.207. The van der Waals surface area contributed by atoms with E-state index in [2.05, 4.69) is 35.1 Å². The van der Waals surface area contributed by atoms with Crippen LogP contribution in [0.15, 0.2) is 22.7 Å². The van der Waals surface area contributed by atoms with Crippen LogP contribution in [0.2, 0.25) is 5.02 Å². The van der Waals surface area contributed by atoms with Gasteiger partial charge in [-0.2, -0.15) is 0 Å². The van der Waals surface area contributed by atoms with Crippen LogP contribution in [0, 0.1) is 0 Å². The third kappa shape index (κ3) is 4.96. The topological polar surface area (TPSA) is 21.3 Å². The molecule has 0 radical (unpaired) electrons. The molecule has 1 unspecified atom stereocenters. The Hall–Kier alpha value is -0.0900. The second-order valence-corrected chi connectivity index (χ2v) is 5.14. The van der Waals surface area contributed by atoms with Gasteiger partial charge in [0.1, 0.15) is 0 Å². The number of hydrogen-bond donors (Lipinski definition) is 1. The molecule has 0 bridgehead atoms. The van der Waals surface area contributed by atoms with Gasteiger partial charge < -0.3 is 10.1 Å². The largest absolute Gasteiger partial charge is 0.379 e. The first-order valence-corrected chi connectivity index (χ1v) is 7.12. The van der Waals surface area contributed by atoms with Crippen LogP contribution in [0.4, 0.5) is 0 Å². The van der Waals surface area contributed by atoms with Crippen molar-refractivity contribution in [3.63, 3.8) is 0 Å². The van der Waals surface area contributed by atoms with Crippen molar-refractivity contribution in [3.05, 3.63) is 33.3 Å². The van der Waals surface area contributed by atoms with Gasteiger partial charge in [0, 0.05) is 16.1 Å². The number of rotatable bonds is 7. The third-order valence-electron chi connectivity index (χ3n) is 2.42. The molecule has 2 nitrogen and oxygen atoms in total. The first-order valence-electron chi connectivity index (χ1n) is 5.95. The highest BCUT2D eigenvalue weighted by Gasteiger charge is 2.13. The molecule has 96 valence electrons. The zero-order valence-corrected chi connectivity index (χ0v) is 12.6. The molecular weight excluding hydrogens is 302 g/mol. The number of benzene rings is 1. The highest BCUT2D eigenvalue weighted by Crippen LogP contribution is 2.27. The van der Waals surface area contributed by atoms with E-state index in [0.29, 0.717) is 6.61 Å². The maximum Gasteiger partial charge on any atom is 0.0661 e. The zero-order valence-electron chi connectivity index (χ0n) is 10.3. The molecule has 4 heteroatoms. The van der Waals surface area contributed by atoms with Crippen LogP contribution < -0.4 is 5.32 Å². The van der Waals surface area contributed by atoms with Crippen LogP contribution in [-0.2, 0) is 4.74 Å². The van der Waals surface area contributed by atoms with E-state index in [-0.39, 0.29) is 6.04 Å². The van der Waals surface area contributed by atoms with Crippen LogP contribution in [0.1, 0.15) is 31.9 Å². The monoisotopic (exact) mass is 319 g/mol. The van der Waals surface area contributed by atoms with Crippen molar-refractivity contribution in [2.24, 2.45) is 0 Å². The average molecular weight is 321 g/mol. The average Bonchev–Trinajstić information content (AvgIpc) is 2.28. The molecule has 1 N–H and O–H groups in total. The molecule has 1 rings (SSSR count). The Bertz CT molecular complexity index is 346. The molecule has 1 aromatic rings. The van der Waals surface area contributed by atoms with Gasteiger partial charge in [-0.1, -0.05) is 47.4 Å². The molecular formula is C13H19BrClNO. The summed E-state index contributed by atoms with van der Waals surface area (Å²) >= 11 is 9.49. The molecule has 0 aromatic heterocycles. The van der Waals surface area contributed by atoms with Crippen LogP contribution in [0.3, 0.4) is 0 Å². The van der Waals surface area contributed by atoms with Crippen LogP contribution in [-0.4, -0.2) is 19.8 Å². The summed E-state index contributed by atoms with van der Waals surface area (Å²) in [6.45, 7) is 6.60. The Labute approximate surface area is 117 Å². The maximum absolute atomic E-state index is 5.94. The van der Waals surface area contributed by atoms with E-state index in [0.717, 1.165) is 29.1 Å². The standard InChI is InChI=1S/C13H19BrClNO/c1-3-7-17-9-13(16-4-2)11-6-5-10(15)8-12(11)14/h5-6,8,13,16H,3-4,7,9H2,1-2H3. The zero-order chi connectivity index (χ0) is 12.7. The van der Waals surface area contributed by atoms with Crippen LogP contribution in [0.5, 0.6) is 0 Å². The van der Waals surface area contributed by atoms with Gasteiger partial charge in [-0.25, -0.2) is 0 Å². The lowest BCUT2D eigenvalue weighted by molar-refractivity contribution is 0.112. The van der Waals surface area contributed by atoms with E-state index in [1.54, 1.807) is 0 Å². The summed E-state index contributed by atoms with van der Waals surface area (Å²) < 4.78 is 6.64.